The van der Waals surface area contributed by atoms with Crippen molar-refractivity contribution < 1.29 is 14.6 Å². The second-order valence-corrected chi connectivity index (χ2v) is 4.91. The van der Waals surface area contributed by atoms with E-state index in [1.165, 1.54) is 25.2 Å². The molecule has 0 spiro atoms. The smallest absolute Gasteiger partial charge is 0.324 e. The monoisotopic (exact) mass is 337 g/mol. The van der Waals surface area contributed by atoms with Gasteiger partial charge in [0.1, 0.15) is 11.9 Å². The molecule has 2 heterocycles. The fraction of sp³-hybridized carbons (Fsp3) is 0.0833. The molecule has 0 aliphatic heterocycles. The number of hydrogen-bond acceptors (Lipinski definition) is 8. The van der Waals surface area contributed by atoms with E-state index in [1.54, 1.807) is 6.07 Å². The number of pyridine rings is 1. The Morgan fingerprint density at radius 2 is 1.96 bits per heavy atom. The Morgan fingerprint density at radius 1 is 1.26 bits per heavy atom. The first kappa shape index (κ1) is 17.8. The molecule has 0 atom stereocenters. The number of amides is 1. The number of carbonyl (C=O) groups is 1. The van der Waals surface area contributed by atoms with Crippen molar-refractivity contribution in [2.75, 3.05) is 7.05 Å². The van der Waals surface area contributed by atoms with Crippen LogP contribution in [0.5, 0.6) is 0 Å². The van der Waals surface area contributed by atoms with Gasteiger partial charge in [0, 0.05) is 25.4 Å². The molecule has 0 unspecified atom stereocenters. The number of carbonyl (C=O) groups excluding carboxylic acids is 1. The largest absolute Gasteiger partial charge is 0.354 e. The van der Waals surface area contributed by atoms with E-state index in [0.717, 1.165) is 23.7 Å². The van der Waals surface area contributed by atoms with Crippen LogP contribution >= 0.6 is 11.3 Å². The lowest BCUT2D eigenvalue weighted by atomic mass is 10.3. The molecule has 0 radical (unpaired) electrons. The third kappa shape index (κ3) is 5.24. The molecule has 0 saturated heterocycles. The molecule has 10 nitrogen and oxygen atoms in total. The van der Waals surface area contributed by atoms with Crippen molar-refractivity contribution in [2.45, 2.75) is 0 Å². The third-order valence-electron chi connectivity index (χ3n) is 2.35. The molecule has 23 heavy (non-hydrogen) atoms. The van der Waals surface area contributed by atoms with E-state index >= 15 is 0 Å². The lowest BCUT2D eigenvalue weighted by Crippen LogP contribution is -2.18. The molecule has 0 aromatic carbocycles. The third-order valence-corrected chi connectivity index (χ3v) is 3.34. The maximum Gasteiger partial charge on any atom is 0.324 e. The Bertz CT molecular complexity index is 728. The lowest BCUT2D eigenvalue weighted by Gasteiger charge is -1.96. The number of rotatable bonds is 4. The quantitative estimate of drug-likeness (QED) is 0.494. The predicted molar refractivity (Wildman–Crippen MR) is 83.1 cm³/mol. The van der Waals surface area contributed by atoms with E-state index < -0.39 is 9.85 Å². The van der Waals surface area contributed by atoms with Crippen molar-refractivity contribution >= 4 is 34.1 Å². The first-order chi connectivity index (χ1) is 10.9. The van der Waals surface area contributed by atoms with Crippen molar-refractivity contribution in [3.63, 3.8) is 0 Å². The second kappa shape index (κ2) is 8.29. The van der Waals surface area contributed by atoms with Gasteiger partial charge in [-0.3, -0.25) is 25.0 Å². The second-order valence-electron chi connectivity index (χ2n) is 3.82. The minimum atomic E-state index is -0.569. The maximum absolute atomic E-state index is 11.0. The van der Waals surface area contributed by atoms with E-state index in [-0.39, 0.29) is 22.3 Å². The van der Waals surface area contributed by atoms with Gasteiger partial charge in [-0.05, 0) is 12.1 Å². The highest BCUT2D eigenvalue weighted by atomic mass is 32.1. The number of hydrogen-bond donors (Lipinski definition) is 2. The lowest BCUT2D eigenvalue weighted by molar-refractivity contribution is -0.385. The predicted octanol–water partition coefficient (Wildman–Crippen LogP) is 2.00. The van der Waals surface area contributed by atoms with Gasteiger partial charge in [0.25, 0.3) is 11.6 Å². The van der Waals surface area contributed by atoms with Gasteiger partial charge in [-0.1, -0.05) is 11.3 Å². The number of nitrogens with zero attached hydrogens (tertiary/aromatic N) is 3. The molecule has 2 aromatic rings. The van der Waals surface area contributed by atoms with Gasteiger partial charge in [-0.25, -0.2) is 4.98 Å². The molecular formula is C12H11N5O5S. The molecule has 11 heteroatoms. The Labute approximate surface area is 133 Å². The first-order valence-corrected chi connectivity index (χ1v) is 6.78. The standard InChI is InChI=1S/C7H7N3O3.C5H4N2O2S/c1-8-7(11)6-3-2-5(4-9-6)10(12)13;6-3-4-1-2-5(10-4)7(8)9/h2-4H,1H3,(H,8,11);1-3,6H. The van der Waals surface area contributed by atoms with Crippen molar-refractivity contribution in [1.29, 1.82) is 5.41 Å². The summed E-state index contributed by atoms with van der Waals surface area (Å²) in [5, 5.41) is 29.5. The molecule has 2 rings (SSSR count). The van der Waals surface area contributed by atoms with Crippen molar-refractivity contribution in [1.82, 2.24) is 10.3 Å². The fourth-order valence-corrected chi connectivity index (χ4v) is 1.92. The zero-order chi connectivity index (χ0) is 17.4. The fourth-order valence-electron chi connectivity index (χ4n) is 1.27. The van der Waals surface area contributed by atoms with E-state index in [2.05, 4.69) is 10.3 Å². The minimum absolute atomic E-state index is 0.0819. The van der Waals surface area contributed by atoms with Gasteiger partial charge >= 0.3 is 5.00 Å². The van der Waals surface area contributed by atoms with E-state index in [4.69, 9.17) is 5.41 Å². The Morgan fingerprint density at radius 3 is 2.30 bits per heavy atom. The summed E-state index contributed by atoms with van der Waals surface area (Å²) in [7, 11) is 1.46. The molecule has 2 aromatic heterocycles. The van der Waals surface area contributed by atoms with E-state index in [1.807, 2.05) is 0 Å². The van der Waals surface area contributed by atoms with Crippen LogP contribution < -0.4 is 5.32 Å². The topological polar surface area (TPSA) is 152 Å². The van der Waals surface area contributed by atoms with Crippen molar-refractivity contribution in [3.05, 3.63) is 61.3 Å². The Balaban J connectivity index is 0.000000238. The number of nitro groups is 2. The molecule has 0 fully saturated rings. The van der Waals surface area contributed by atoms with Gasteiger partial charge in [0.2, 0.25) is 0 Å². The Kier molecular flexibility index (Phi) is 6.43. The van der Waals surface area contributed by atoms with Crippen LogP contribution in [0.1, 0.15) is 15.4 Å². The van der Waals surface area contributed by atoms with Gasteiger partial charge < -0.3 is 10.7 Å². The normalized spacial score (nSPS) is 9.26. The van der Waals surface area contributed by atoms with E-state index in [0.29, 0.717) is 4.88 Å². The van der Waals surface area contributed by atoms with Gasteiger partial charge in [-0.2, -0.15) is 0 Å². The van der Waals surface area contributed by atoms with Crippen LogP contribution in [0.4, 0.5) is 10.7 Å². The summed E-state index contributed by atoms with van der Waals surface area (Å²) in [4.78, 5) is 34.4. The summed E-state index contributed by atoms with van der Waals surface area (Å²) < 4.78 is 0. The van der Waals surface area contributed by atoms with Crippen LogP contribution in [-0.4, -0.2) is 34.0 Å². The van der Waals surface area contributed by atoms with Gasteiger partial charge in [-0.15, -0.1) is 0 Å². The van der Waals surface area contributed by atoms with Crippen LogP contribution in [0.25, 0.3) is 0 Å². The molecule has 0 saturated carbocycles. The highest BCUT2D eigenvalue weighted by Gasteiger charge is 2.09. The molecule has 0 aliphatic carbocycles. The number of thiophene rings is 1. The van der Waals surface area contributed by atoms with Crippen LogP contribution in [0.3, 0.4) is 0 Å². The Hall–Kier alpha value is -3.21. The summed E-state index contributed by atoms with van der Waals surface area (Å²) in [6, 6.07) is 5.48. The summed E-state index contributed by atoms with van der Waals surface area (Å²) >= 11 is 0.999. The molecule has 120 valence electrons. The molecular weight excluding hydrogens is 326 g/mol. The highest BCUT2D eigenvalue weighted by molar-refractivity contribution is 7.16. The van der Waals surface area contributed by atoms with E-state index in [9.17, 15) is 25.0 Å². The number of nitrogens with one attached hydrogen (secondary N) is 2. The summed E-state index contributed by atoms with van der Waals surface area (Å²) in [5.74, 6) is -0.366. The highest BCUT2D eigenvalue weighted by Crippen LogP contribution is 2.21. The summed E-state index contributed by atoms with van der Waals surface area (Å²) in [6.07, 6.45) is 2.14. The SMILES string of the molecule is CNC(=O)c1ccc([N+](=O)[O-])cn1.N=Cc1ccc([N+](=O)[O-])s1. The zero-order valence-corrected chi connectivity index (χ0v) is 12.6. The first-order valence-electron chi connectivity index (χ1n) is 5.96. The average Bonchev–Trinajstić information content (AvgIpc) is 3.04. The average molecular weight is 337 g/mol. The van der Waals surface area contributed by atoms with Gasteiger partial charge in [0.15, 0.2) is 0 Å². The van der Waals surface area contributed by atoms with Crippen LogP contribution in [0.15, 0.2) is 30.5 Å². The number of aromatic nitrogens is 1. The van der Waals surface area contributed by atoms with Crippen LogP contribution in [-0.2, 0) is 0 Å². The zero-order valence-electron chi connectivity index (χ0n) is 11.8. The summed E-state index contributed by atoms with van der Waals surface area (Å²) in [5.41, 5.74) is 0.0285. The summed E-state index contributed by atoms with van der Waals surface area (Å²) in [6.45, 7) is 0. The maximum atomic E-state index is 11.0. The van der Waals surface area contributed by atoms with Gasteiger partial charge in [0.05, 0.1) is 14.7 Å². The van der Waals surface area contributed by atoms with Crippen molar-refractivity contribution in [3.8, 4) is 0 Å². The molecule has 0 aliphatic rings. The molecule has 2 N–H and O–H groups in total. The molecule has 0 bridgehead atoms. The van der Waals surface area contributed by atoms with Crippen LogP contribution in [0, 0.1) is 25.6 Å². The minimum Gasteiger partial charge on any atom is -0.354 e. The van der Waals surface area contributed by atoms with Crippen molar-refractivity contribution in [2.24, 2.45) is 0 Å². The molecule has 1 amide bonds. The van der Waals surface area contributed by atoms with Crippen LogP contribution in [0.2, 0.25) is 0 Å².